The number of sulfonamides is 1. The number of nitrogen functional groups attached to an aromatic ring is 1. The Morgan fingerprint density at radius 2 is 1.88 bits per heavy atom. The number of nitrogens with two attached hydrogens (primary N) is 2. The molecule has 0 saturated carbocycles. The van der Waals surface area contributed by atoms with Crippen molar-refractivity contribution in [2.75, 3.05) is 11.5 Å². The average molecular weight is 364 g/mol. The molecule has 7 nitrogen and oxygen atoms in total. The van der Waals surface area contributed by atoms with E-state index in [1.165, 1.54) is 12.1 Å². The molecule has 0 atom stereocenters. The lowest BCUT2D eigenvalue weighted by atomic mass is 10.0. The first-order chi connectivity index (χ1) is 11.7. The van der Waals surface area contributed by atoms with Gasteiger partial charge < -0.3 is 15.6 Å². The third-order valence-electron chi connectivity index (χ3n) is 3.52. The number of hydrogen-bond donors (Lipinski definition) is 3. The fourth-order valence-electron chi connectivity index (χ4n) is 2.33. The van der Waals surface area contributed by atoms with Gasteiger partial charge in [-0.3, -0.25) is 0 Å². The summed E-state index contributed by atoms with van der Waals surface area (Å²) in [5, 5.41) is 14.1. The number of aromatic carboxylic acids is 1. The minimum atomic E-state index is -3.50. The SMILES string of the molecule is Nc1cccc(Oc2ccc(C(=O)O)cc2CCCCS(N)(=O)=O)c1. The van der Waals surface area contributed by atoms with Gasteiger partial charge in [0, 0.05) is 11.8 Å². The summed E-state index contributed by atoms with van der Waals surface area (Å²) in [5.74, 6) is -0.113. The van der Waals surface area contributed by atoms with Gasteiger partial charge in [-0.25, -0.2) is 18.4 Å². The number of benzene rings is 2. The number of rotatable bonds is 8. The molecular weight excluding hydrogens is 344 g/mol. The number of aryl methyl sites for hydroxylation is 1. The molecule has 25 heavy (non-hydrogen) atoms. The zero-order chi connectivity index (χ0) is 18.4. The van der Waals surface area contributed by atoms with Crippen molar-refractivity contribution in [3.63, 3.8) is 0 Å². The summed E-state index contributed by atoms with van der Waals surface area (Å²) < 4.78 is 27.8. The van der Waals surface area contributed by atoms with Crippen LogP contribution in [0.25, 0.3) is 0 Å². The zero-order valence-corrected chi connectivity index (χ0v) is 14.3. The Labute approximate surface area is 146 Å². The van der Waals surface area contributed by atoms with Crippen LogP contribution in [0.15, 0.2) is 42.5 Å². The van der Waals surface area contributed by atoms with Gasteiger partial charge in [0.25, 0.3) is 0 Å². The minimum absolute atomic E-state index is 0.114. The zero-order valence-electron chi connectivity index (χ0n) is 13.5. The van der Waals surface area contributed by atoms with Gasteiger partial charge in [-0.15, -0.1) is 0 Å². The molecule has 5 N–H and O–H groups in total. The second-order valence-electron chi connectivity index (χ2n) is 5.63. The van der Waals surface area contributed by atoms with E-state index < -0.39 is 16.0 Å². The number of ether oxygens (including phenoxy) is 1. The third kappa shape index (κ3) is 6.09. The Bertz CT molecular complexity index is 865. The van der Waals surface area contributed by atoms with Gasteiger partial charge in [0.2, 0.25) is 10.0 Å². The number of anilines is 1. The van der Waals surface area contributed by atoms with E-state index in [0.29, 0.717) is 42.0 Å². The first-order valence-corrected chi connectivity index (χ1v) is 9.36. The summed E-state index contributed by atoms with van der Waals surface area (Å²) in [6.07, 6.45) is 1.38. The van der Waals surface area contributed by atoms with Crippen LogP contribution in [0.5, 0.6) is 11.5 Å². The fourth-order valence-corrected chi connectivity index (χ4v) is 2.94. The summed E-state index contributed by atoms with van der Waals surface area (Å²) in [5.41, 5.74) is 7.09. The van der Waals surface area contributed by atoms with Crippen LogP contribution in [-0.2, 0) is 16.4 Å². The van der Waals surface area contributed by atoms with Gasteiger partial charge in [0.15, 0.2) is 0 Å². The van der Waals surface area contributed by atoms with Crippen LogP contribution >= 0.6 is 0 Å². The molecule has 0 aromatic heterocycles. The van der Waals surface area contributed by atoms with E-state index in [2.05, 4.69) is 0 Å². The number of carbonyl (C=O) groups is 1. The smallest absolute Gasteiger partial charge is 0.335 e. The van der Waals surface area contributed by atoms with E-state index in [-0.39, 0.29) is 11.3 Å². The second-order valence-corrected chi connectivity index (χ2v) is 7.36. The quantitative estimate of drug-likeness (QED) is 0.486. The van der Waals surface area contributed by atoms with Crippen molar-refractivity contribution in [1.82, 2.24) is 0 Å². The van der Waals surface area contributed by atoms with Crippen LogP contribution in [0.1, 0.15) is 28.8 Å². The molecule has 2 rings (SSSR count). The summed E-state index contributed by atoms with van der Waals surface area (Å²) in [6, 6.07) is 11.5. The van der Waals surface area contributed by atoms with Gasteiger partial charge in [-0.05, 0) is 55.2 Å². The monoisotopic (exact) mass is 364 g/mol. The summed E-state index contributed by atoms with van der Waals surface area (Å²) in [7, 11) is -3.50. The van der Waals surface area contributed by atoms with Crippen molar-refractivity contribution < 1.29 is 23.1 Å². The number of unbranched alkanes of at least 4 members (excludes halogenated alkanes) is 1. The normalized spacial score (nSPS) is 11.2. The van der Waals surface area contributed by atoms with Crippen LogP contribution in [0.3, 0.4) is 0 Å². The summed E-state index contributed by atoms with van der Waals surface area (Å²) in [6.45, 7) is 0. The lowest BCUT2D eigenvalue weighted by molar-refractivity contribution is 0.0696. The molecule has 2 aromatic carbocycles. The van der Waals surface area contributed by atoms with Crippen LogP contribution in [0, 0.1) is 0 Å². The number of primary sulfonamides is 1. The predicted molar refractivity (Wildman–Crippen MR) is 95.2 cm³/mol. The molecule has 0 aliphatic heterocycles. The maximum absolute atomic E-state index is 11.2. The van der Waals surface area contributed by atoms with Gasteiger partial charge in [-0.2, -0.15) is 0 Å². The van der Waals surface area contributed by atoms with E-state index in [1.54, 1.807) is 30.3 Å². The van der Waals surface area contributed by atoms with E-state index in [0.717, 1.165) is 0 Å². The lowest BCUT2D eigenvalue weighted by Crippen LogP contribution is -2.16. The summed E-state index contributed by atoms with van der Waals surface area (Å²) >= 11 is 0. The standard InChI is InChI=1S/C17H20N2O5S/c18-14-5-3-6-15(11-14)24-16-8-7-13(17(20)21)10-12(16)4-1-2-9-25(19,22)23/h3,5-8,10-11H,1-2,4,9,18H2,(H,20,21)(H2,19,22,23). The Hall–Kier alpha value is -2.58. The highest BCUT2D eigenvalue weighted by molar-refractivity contribution is 7.89. The molecular formula is C17H20N2O5S. The van der Waals surface area contributed by atoms with Crippen molar-refractivity contribution in [1.29, 1.82) is 0 Å². The molecule has 0 fully saturated rings. The Kier molecular flexibility index (Phi) is 6.00. The maximum atomic E-state index is 11.2. The molecule has 0 aliphatic rings. The van der Waals surface area contributed by atoms with Gasteiger partial charge >= 0.3 is 5.97 Å². The van der Waals surface area contributed by atoms with Crippen LogP contribution < -0.4 is 15.6 Å². The molecule has 0 radical (unpaired) electrons. The van der Waals surface area contributed by atoms with E-state index in [1.807, 2.05) is 0 Å². The Morgan fingerprint density at radius 3 is 2.52 bits per heavy atom. The largest absolute Gasteiger partial charge is 0.478 e. The topological polar surface area (TPSA) is 133 Å². The Balaban J connectivity index is 2.18. The number of hydrogen-bond acceptors (Lipinski definition) is 5. The fraction of sp³-hybridized carbons (Fsp3) is 0.235. The van der Waals surface area contributed by atoms with Gasteiger partial charge in [-0.1, -0.05) is 6.07 Å². The molecule has 134 valence electrons. The highest BCUT2D eigenvalue weighted by Crippen LogP contribution is 2.28. The summed E-state index contributed by atoms with van der Waals surface area (Å²) in [4.78, 5) is 11.2. The first-order valence-electron chi connectivity index (χ1n) is 7.65. The van der Waals surface area contributed by atoms with Crippen molar-refractivity contribution in [3.8, 4) is 11.5 Å². The molecule has 0 spiro atoms. The van der Waals surface area contributed by atoms with E-state index in [4.69, 9.17) is 20.7 Å². The minimum Gasteiger partial charge on any atom is -0.478 e. The number of carboxylic acids is 1. The molecule has 0 unspecified atom stereocenters. The molecule has 0 saturated heterocycles. The molecule has 0 bridgehead atoms. The van der Waals surface area contributed by atoms with Gasteiger partial charge in [0.1, 0.15) is 11.5 Å². The molecule has 2 aromatic rings. The van der Waals surface area contributed by atoms with Crippen molar-refractivity contribution >= 4 is 21.7 Å². The number of carboxylic acid groups (broad SMARTS) is 1. The van der Waals surface area contributed by atoms with Gasteiger partial charge in [0.05, 0.1) is 11.3 Å². The van der Waals surface area contributed by atoms with E-state index >= 15 is 0 Å². The lowest BCUT2D eigenvalue weighted by Gasteiger charge is -2.12. The van der Waals surface area contributed by atoms with Crippen molar-refractivity contribution in [2.45, 2.75) is 19.3 Å². The molecule has 0 aliphatic carbocycles. The second kappa shape index (κ2) is 8.00. The molecule has 8 heteroatoms. The van der Waals surface area contributed by atoms with Crippen molar-refractivity contribution in [2.24, 2.45) is 5.14 Å². The highest BCUT2D eigenvalue weighted by atomic mass is 32.2. The van der Waals surface area contributed by atoms with Crippen LogP contribution in [-0.4, -0.2) is 25.2 Å². The first kappa shape index (κ1) is 18.8. The Morgan fingerprint density at radius 1 is 1.12 bits per heavy atom. The van der Waals surface area contributed by atoms with Crippen molar-refractivity contribution in [3.05, 3.63) is 53.6 Å². The highest BCUT2D eigenvalue weighted by Gasteiger charge is 2.11. The molecule has 0 heterocycles. The van der Waals surface area contributed by atoms with Crippen LogP contribution in [0.2, 0.25) is 0 Å². The average Bonchev–Trinajstić information content (AvgIpc) is 2.51. The van der Waals surface area contributed by atoms with Crippen LogP contribution in [0.4, 0.5) is 5.69 Å². The molecule has 0 amide bonds. The predicted octanol–water partition coefficient (Wildman–Crippen LogP) is 2.37. The third-order valence-corrected chi connectivity index (χ3v) is 4.38. The van der Waals surface area contributed by atoms with E-state index in [9.17, 15) is 13.2 Å². The maximum Gasteiger partial charge on any atom is 0.335 e.